The Balaban J connectivity index is 0. The lowest BCUT2D eigenvalue weighted by atomic mass is 10.5. The van der Waals surface area contributed by atoms with Crippen molar-refractivity contribution in [2.75, 3.05) is 26.4 Å². The molecule has 0 fully saturated rings. The molecule has 0 radical (unpaired) electrons. The number of hydrogen-bond donors (Lipinski definition) is 1. The fraction of sp³-hybridized carbons (Fsp3) is 0.200. The quantitative estimate of drug-likeness (QED) is 0.644. The average Bonchev–Trinajstić information content (AvgIpc) is 2.75. The number of hydrogen-bond acceptors (Lipinski definition) is 5. The van der Waals surface area contributed by atoms with Crippen LogP contribution in [0.15, 0.2) is 98.0 Å². The van der Waals surface area contributed by atoms with Gasteiger partial charge in [-0.15, -0.1) is 12.4 Å². The Labute approximate surface area is 162 Å². The summed E-state index contributed by atoms with van der Waals surface area (Å²) >= 11 is 0. The summed E-state index contributed by atoms with van der Waals surface area (Å²) in [4.78, 5) is 0. The Morgan fingerprint density at radius 1 is 0.385 bits per heavy atom. The van der Waals surface area contributed by atoms with E-state index in [2.05, 4.69) is 0 Å². The molecule has 4 aliphatic rings. The van der Waals surface area contributed by atoms with Gasteiger partial charge in [0.2, 0.25) is 0 Å². The largest absolute Gasteiger partial charge is 0.497 e. The van der Waals surface area contributed by atoms with Crippen molar-refractivity contribution >= 4 is 12.4 Å². The van der Waals surface area contributed by atoms with Gasteiger partial charge in [0.15, 0.2) is 0 Å². The third-order valence-corrected chi connectivity index (χ3v) is 2.46. The maximum atomic E-state index is 4.80. The molecular weight excluding hydrogens is 354 g/mol. The van der Waals surface area contributed by atoms with Gasteiger partial charge in [-0.05, 0) is 48.6 Å². The first-order valence-corrected chi connectivity index (χ1v) is 7.73. The molecule has 0 spiro atoms. The van der Waals surface area contributed by atoms with E-state index in [1.54, 1.807) is 25.0 Å². The predicted molar refractivity (Wildman–Crippen MR) is 109 cm³/mol. The van der Waals surface area contributed by atoms with Crippen LogP contribution in [-0.4, -0.2) is 26.4 Å². The minimum absolute atomic E-state index is 0. The maximum Gasteiger partial charge on any atom is 0.106 e. The van der Waals surface area contributed by atoms with Gasteiger partial charge in [-0.25, -0.2) is 0 Å². The summed E-state index contributed by atoms with van der Waals surface area (Å²) in [7, 11) is 0. The van der Waals surface area contributed by atoms with Gasteiger partial charge in [0.1, 0.15) is 26.4 Å². The van der Waals surface area contributed by atoms with Crippen LogP contribution in [0.2, 0.25) is 0 Å². The van der Waals surface area contributed by atoms with Gasteiger partial charge in [0.05, 0.1) is 25.0 Å². The van der Waals surface area contributed by atoms with E-state index in [0.717, 1.165) is 26.4 Å². The monoisotopic (exact) mass is 381 g/mol. The van der Waals surface area contributed by atoms with E-state index in [1.807, 2.05) is 72.9 Å². The van der Waals surface area contributed by atoms with Gasteiger partial charge in [0.25, 0.3) is 0 Å². The van der Waals surface area contributed by atoms with Gasteiger partial charge in [-0.3, -0.25) is 0 Å². The first-order valence-electron chi connectivity index (χ1n) is 7.73. The molecule has 26 heavy (non-hydrogen) atoms. The zero-order valence-corrected chi connectivity index (χ0v) is 15.6. The highest BCUT2D eigenvalue weighted by Gasteiger charge is 1.77. The topological polar surface area (TPSA) is 71.9 Å². The Morgan fingerprint density at radius 2 is 0.615 bits per heavy atom. The van der Waals surface area contributed by atoms with Crippen LogP contribution < -0.4 is 6.15 Å². The summed E-state index contributed by atoms with van der Waals surface area (Å²) in [6, 6.07) is 0. The number of allylic oxidation sites excluding steroid dienone is 8. The molecule has 3 N–H and O–H groups in total. The number of rotatable bonds is 0. The molecule has 6 heteroatoms. The smallest absolute Gasteiger partial charge is 0.106 e. The van der Waals surface area contributed by atoms with Crippen molar-refractivity contribution in [3.05, 3.63) is 98.0 Å². The Bertz CT molecular complexity index is 388. The summed E-state index contributed by atoms with van der Waals surface area (Å²) in [5.74, 6) is 0. The van der Waals surface area contributed by atoms with Gasteiger partial charge in [-0.2, -0.15) is 0 Å². The predicted octanol–water partition coefficient (Wildman–Crippen LogP) is 4.93. The van der Waals surface area contributed by atoms with E-state index >= 15 is 0 Å². The molecule has 0 saturated carbocycles. The lowest BCUT2D eigenvalue weighted by Crippen LogP contribution is -1.82. The van der Waals surface area contributed by atoms with Crippen molar-refractivity contribution in [2.24, 2.45) is 0 Å². The van der Waals surface area contributed by atoms with Crippen LogP contribution in [0.25, 0.3) is 0 Å². The van der Waals surface area contributed by atoms with Crippen molar-refractivity contribution in [3.63, 3.8) is 0 Å². The summed E-state index contributed by atoms with van der Waals surface area (Å²) in [6.07, 6.45) is 29.9. The molecule has 144 valence electrons. The van der Waals surface area contributed by atoms with E-state index in [0.29, 0.717) is 0 Å². The van der Waals surface area contributed by atoms with Gasteiger partial charge in [-0.1, -0.05) is 24.3 Å². The molecule has 0 bridgehead atoms. The highest BCUT2D eigenvalue weighted by atomic mass is 35.5. The van der Waals surface area contributed by atoms with Crippen LogP contribution in [0.5, 0.6) is 0 Å². The zero-order chi connectivity index (χ0) is 17.0. The van der Waals surface area contributed by atoms with Crippen molar-refractivity contribution in [1.82, 2.24) is 6.15 Å². The first kappa shape index (κ1) is 25.6. The molecule has 0 amide bonds. The lowest BCUT2D eigenvalue weighted by molar-refractivity contribution is 0.286. The van der Waals surface area contributed by atoms with E-state index in [-0.39, 0.29) is 18.6 Å². The molecule has 0 aromatic heterocycles. The average molecular weight is 382 g/mol. The SMILES string of the molecule is C1=CCOC=C1.C1=CCOC=C1.C1=CCOC=C1.C1=CCOC=C1.Cl.N. The molecule has 0 unspecified atom stereocenters. The maximum absolute atomic E-state index is 4.80. The first-order chi connectivity index (χ1) is 12.0. The van der Waals surface area contributed by atoms with Crippen molar-refractivity contribution < 1.29 is 18.9 Å². The third kappa shape index (κ3) is 19.4. The second-order valence-electron chi connectivity index (χ2n) is 4.36. The second kappa shape index (κ2) is 22.4. The van der Waals surface area contributed by atoms with Crippen LogP contribution in [0.4, 0.5) is 0 Å². The standard InChI is InChI=1S/4C5H6O.ClH.H3N/c4*1-2-4-6-5-3-1;;/h4*1-4H,5H2;1H;1H3. The molecular formula is C20H28ClNO4. The molecule has 5 nitrogen and oxygen atoms in total. The molecule has 4 heterocycles. The fourth-order valence-electron chi connectivity index (χ4n) is 1.38. The highest BCUT2D eigenvalue weighted by molar-refractivity contribution is 5.85. The minimum Gasteiger partial charge on any atom is -0.497 e. The van der Waals surface area contributed by atoms with Gasteiger partial charge >= 0.3 is 0 Å². The Morgan fingerprint density at radius 3 is 0.654 bits per heavy atom. The molecule has 0 saturated heterocycles. The number of ether oxygens (including phenoxy) is 4. The fourth-order valence-corrected chi connectivity index (χ4v) is 1.38. The summed E-state index contributed by atoms with van der Waals surface area (Å²) in [5, 5.41) is 0. The molecule has 0 aliphatic carbocycles. The van der Waals surface area contributed by atoms with E-state index in [4.69, 9.17) is 18.9 Å². The second-order valence-corrected chi connectivity index (χ2v) is 4.36. The third-order valence-electron chi connectivity index (χ3n) is 2.46. The minimum atomic E-state index is 0. The van der Waals surface area contributed by atoms with Crippen molar-refractivity contribution in [3.8, 4) is 0 Å². The zero-order valence-electron chi connectivity index (χ0n) is 14.8. The summed E-state index contributed by atoms with van der Waals surface area (Å²) in [6.45, 7) is 2.93. The lowest BCUT2D eigenvalue weighted by Gasteiger charge is -1.94. The Kier molecular flexibility index (Phi) is 22.0. The molecule has 0 aromatic rings. The highest BCUT2D eigenvalue weighted by Crippen LogP contribution is 1.88. The van der Waals surface area contributed by atoms with Crippen molar-refractivity contribution in [1.29, 1.82) is 0 Å². The van der Waals surface area contributed by atoms with E-state index in [1.165, 1.54) is 0 Å². The normalized spacial score (nSPS) is 16.0. The summed E-state index contributed by atoms with van der Waals surface area (Å²) in [5.41, 5.74) is 0. The molecule has 4 rings (SSSR count). The van der Waals surface area contributed by atoms with Crippen LogP contribution in [0.1, 0.15) is 0 Å². The van der Waals surface area contributed by atoms with E-state index < -0.39 is 0 Å². The molecule has 0 atom stereocenters. The van der Waals surface area contributed by atoms with Gasteiger partial charge in [0, 0.05) is 0 Å². The Hall–Kier alpha value is -2.63. The van der Waals surface area contributed by atoms with Crippen molar-refractivity contribution in [2.45, 2.75) is 0 Å². The van der Waals surface area contributed by atoms with Crippen LogP contribution >= 0.6 is 12.4 Å². The van der Waals surface area contributed by atoms with Crippen LogP contribution in [-0.2, 0) is 18.9 Å². The van der Waals surface area contributed by atoms with Crippen LogP contribution in [0.3, 0.4) is 0 Å². The number of halogens is 1. The molecule has 4 aliphatic heterocycles. The molecule has 0 aromatic carbocycles. The summed E-state index contributed by atoms with van der Waals surface area (Å²) < 4.78 is 19.2. The van der Waals surface area contributed by atoms with E-state index in [9.17, 15) is 0 Å². The van der Waals surface area contributed by atoms with Crippen LogP contribution in [0, 0.1) is 0 Å². The van der Waals surface area contributed by atoms with Gasteiger partial charge < -0.3 is 25.1 Å².